The summed E-state index contributed by atoms with van der Waals surface area (Å²) in [4.78, 5) is 34.2. The van der Waals surface area contributed by atoms with Crippen LogP contribution in [0.4, 0.5) is 0 Å². The van der Waals surface area contributed by atoms with Crippen LogP contribution >= 0.6 is 11.3 Å². The fraction of sp³-hybridized carbons (Fsp3) is 0.478. The fourth-order valence-electron chi connectivity index (χ4n) is 4.09. The maximum absolute atomic E-state index is 13.0. The molecule has 3 heterocycles. The molecular weight excluding hydrogens is 382 g/mol. The monoisotopic (exact) mass is 411 g/mol. The number of nitrogens with zero attached hydrogens (tertiary/aromatic N) is 3. The molecule has 1 aromatic heterocycles. The average Bonchev–Trinajstić information content (AvgIpc) is 3.16. The van der Waals surface area contributed by atoms with Gasteiger partial charge in [0.15, 0.2) is 0 Å². The molecular formula is C23H29N3O2S. The van der Waals surface area contributed by atoms with Crippen LogP contribution in [0.15, 0.2) is 30.3 Å². The van der Waals surface area contributed by atoms with Crippen LogP contribution in [0.1, 0.15) is 49.9 Å². The summed E-state index contributed by atoms with van der Waals surface area (Å²) in [6.07, 6.45) is 0.825. The third-order valence-electron chi connectivity index (χ3n) is 5.99. The van der Waals surface area contributed by atoms with Crippen LogP contribution in [-0.2, 0) is 13.0 Å². The highest BCUT2D eigenvalue weighted by atomic mass is 32.1. The number of piperazine rings is 1. The minimum absolute atomic E-state index is 0.0690. The Bertz CT molecular complexity index is 895. The molecule has 0 saturated carbocycles. The lowest BCUT2D eigenvalue weighted by Crippen LogP contribution is -2.50. The maximum atomic E-state index is 13.0. The van der Waals surface area contributed by atoms with E-state index in [1.54, 1.807) is 11.3 Å². The van der Waals surface area contributed by atoms with Gasteiger partial charge in [-0.3, -0.25) is 14.5 Å². The van der Waals surface area contributed by atoms with Crippen molar-refractivity contribution in [2.75, 3.05) is 32.7 Å². The molecule has 0 spiro atoms. The summed E-state index contributed by atoms with van der Waals surface area (Å²) in [6.45, 7) is 11.2. The van der Waals surface area contributed by atoms with E-state index in [0.29, 0.717) is 19.1 Å². The maximum Gasteiger partial charge on any atom is 0.264 e. The van der Waals surface area contributed by atoms with E-state index in [2.05, 4.69) is 18.7 Å². The summed E-state index contributed by atoms with van der Waals surface area (Å²) in [5.41, 5.74) is 3.01. The summed E-state index contributed by atoms with van der Waals surface area (Å²) >= 11 is 1.61. The van der Waals surface area contributed by atoms with Gasteiger partial charge in [0.05, 0.1) is 4.88 Å². The van der Waals surface area contributed by atoms with E-state index < -0.39 is 0 Å². The Morgan fingerprint density at radius 2 is 1.62 bits per heavy atom. The fourth-order valence-corrected chi connectivity index (χ4v) is 5.22. The third-order valence-corrected chi connectivity index (χ3v) is 7.22. The minimum Gasteiger partial charge on any atom is -0.335 e. The first-order valence-corrected chi connectivity index (χ1v) is 11.2. The highest BCUT2D eigenvalue weighted by molar-refractivity contribution is 7.14. The van der Waals surface area contributed by atoms with E-state index in [-0.39, 0.29) is 11.8 Å². The molecule has 154 valence electrons. The molecule has 0 aliphatic carbocycles. The number of hydrogen-bond donors (Lipinski definition) is 0. The number of rotatable bonds is 3. The second kappa shape index (κ2) is 8.28. The van der Waals surface area contributed by atoms with Gasteiger partial charge < -0.3 is 9.80 Å². The molecule has 2 aliphatic rings. The first-order chi connectivity index (χ1) is 13.9. The number of benzene rings is 1. The quantitative estimate of drug-likeness (QED) is 0.777. The molecule has 0 radical (unpaired) electrons. The average molecular weight is 412 g/mol. The zero-order valence-corrected chi connectivity index (χ0v) is 18.3. The smallest absolute Gasteiger partial charge is 0.264 e. The first kappa shape index (κ1) is 20.1. The van der Waals surface area contributed by atoms with Gasteiger partial charge in [0.25, 0.3) is 11.8 Å². The van der Waals surface area contributed by atoms with Gasteiger partial charge >= 0.3 is 0 Å². The predicted molar refractivity (Wildman–Crippen MR) is 117 cm³/mol. The zero-order chi connectivity index (χ0) is 20.5. The Kier molecular flexibility index (Phi) is 5.74. The molecule has 1 fully saturated rings. The Labute approximate surface area is 176 Å². The lowest BCUT2D eigenvalue weighted by molar-refractivity contribution is 0.0600. The molecule has 0 unspecified atom stereocenters. The van der Waals surface area contributed by atoms with Gasteiger partial charge in [0, 0.05) is 55.8 Å². The summed E-state index contributed by atoms with van der Waals surface area (Å²) in [5, 5.41) is 0. The Hall–Kier alpha value is -2.18. The van der Waals surface area contributed by atoms with Gasteiger partial charge in [-0.05, 0) is 51.0 Å². The largest absolute Gasteiger partial charge is 0.335 e. The summed E-state index contributed by atoms with van der Waals surface area (Å²) in [5.74, 6) is 0.212. The summed E-state index contributed by atoms with van der Waals surface area (Å²) in [7, 11) is 0. The van der Waals surface area contributed by atoms with Gasteiger partial charge in [0.1, 0.15) is 0 Å². The van der Waals surface area contributed by atoms with Crippen LogP contribution in [0, 0.1) is 6.92 Å². The number of carbonyl (C=O) groups excluding carboxylic acids is 2. The molecule has 0 bridgehead atoms. The van der Waals surface area contributed by atoms with Gasteiger partial charge in [0.2, 0.25) is 0 Å². The Morgan fingerprint density at radius 1 is 0.931 bits per heavy atom. The van der Waals surface area contributed by atoms with Crippen molar-refractivity contribution >= 4 is 23.2 Å². The molecule has 0 atom stereocenters. The second-order valence-corrected chi connectivity index (χ2v) is 9.46. The standard InChI is InChI=1S/C23H29N3O2S/c1-16(2)24-10-12-25(13-11-24)23(28)21-14-19-15-26(9-8-20(19)29-21)22(27)18-6-4-17(3)5-7-18/h4-7,14,16H,8-13,15H2,1-3H3. The van der Waals surface area contributed by atoms with E-state index in [4.69, 9.17) is 0 Å². The van der Waals surface area contributed by atoms with E-state index >= 15 is 0 Å². The molecule has 1 saturated heterocycles. The van der Waals surface area contributed by atoms with Crippen LogP contribution in [0.5, 0.6) is 0 Å². The lowest BCUT2D eigenvalue weighted by Gasteiger charge is -2.36. The van der Waals surface area contributed by atoms with E-state index in [9.17, 15) is 9.59 Å². The van der Waals surface area contributed by atoms with E-state index in [0.717, 1.165) is 54.2 Å². The van der Waals surface area contributed by atoms with Crippen molar-refractivity contribution in [2.45, 2.75) is 39.8 Å². The third kappa shape index (κ3) is 4.23. The van der Waals surface area contributed by atoms with Crippen LogP contribution in [-0.4, -0.2) is 65.3 Å². The molecule has 1 aromatic carbocycles. The molecule has 5 nitrogen and oxygen atoms in total. The van der Waals surface area contributed by atoms with Crippen LogP contribution < -0.4 is 0 Å². The molecule has 2 aliphatic heterocycles. The van der Waals surface area contributed by atoms with E-state index in [1.165, 1.54) is 4.88 Å². The molecule has 2 amide bonds. The van der Waals surface area contributed by atoms with Gasteiger partial charge in [-0.15, -0.1) is 11.3 Å². The number of carbonyl (C=O) groups is 2. The normalized spacial score (nSPS) is 17.5. The topological polar surface area (TPSA) is 43.9 Å². The van der Waals surface area contributed by atoms with Gasteiger partial charge in [-0.25, -0.2) is 0 Å². The number of fused-ring (bicyclic) bond motifs is 1. The molecule has 2 aromatic rings. The number of amides is 2. The molecule has 4 rings (SSSR count). The van der Waals surface area contributed by atoms with Gasteiger partial charge in [-0.2, -0.15) is 0 Å². The Balaban J connectivity index is 1.42. The highest BCUT2D eigenvalue weighted by Gasteiger charge is 2.28. The van der Waals surface area contributed by atoms with Crippen molar-refractivity contribution in [1.82, 2.24) is 14.7 Å². The number of hydrogen-bond acceptors (Lipinski definition) is 4. The highest BCUT2D eigenvalue weighted by Crippen LogP contribution is 2.30. The van der Waals surface area contributed by atoms with Crippen molar-refractivity contribution in [2.24, 2.45) is 0 Å². The lowest BCUT2D eigenvalue weighted by atomic mass is 10.1. The van der Waals surface area contributed by atoms with Crippen molar-refractivity contribution in [3.8, 4) is 0 Å². The molecule has 29 heavy (non-hydrogen) atoms. The number of aryl methyl sites for hydroxylation is 1. The molecule has 0 N–H and O–H groups in total. The van der Waals surface area contributed by atoms with Crippen LogP contribution in [0.2, 0.25) is 0 Å². The Morgan fingerprint density at radius 3 is 2.28 bits per heavy atom. The first-order valence-electron chi connectivity index (χ1n) is 10.4. The SMILES string of the molecule is Cc1ccc(C(=O)N2CCc3sc(C(=O)N4CCN(C(C)C)CC4)cc3C2)cc1. The van der Waals surface area contributed by atoms with Gasteiger partial charge in [-0.1, -0.05) is 17.7 Å². The minimum atomic E-state index is 0.0690. The van der Waals surface area contributed by atoms with Crippen molar-refractivity contribution in [3.05, 3.63) is 56.8 Å². The summed E-state index contributed by atoms with van der Waals surface area (Å²) < 4.78 is 0. The summed E-state index contributed by atoms with van der Waals surface area (Å²) in [6, 6.07) is 10.3. The number of thiophene rings is 1. The van der Waals surface area contributed by atoms with E-state index in [1.807, 2.05) is 47.1 Å². The van der Waals surface area contributed by atoms with Crippen LogP contribution in [0.25, 0.3) is 0 Å². The van der Waals surface area contributed by atoms with Crippen molar-refractivity contribution < 1.29 is 9.59 Å². The second-order valence-electron chi connectivity index (χ2n) is 8.32. The van der Waals surface area contributed by atoms with Crippen molar-refractivity contribution in [3.63, 3.8) is 0 Å². The predicted octanol–water partition coefficient (Wildman–Crippen LogP) is 3.42. The van der Waals surface area contributed by atoms with Crippen LogP contribution in [0.3, 0.4) is 0 Å². The molecule has 6 heteroatoms. The zero-order valence-electron chi connectivity index (χ0n) is 17.5. The van der Waals surface area contributed by atoms with Crippen molar-refractivity contribution in [1.29, 1.82) is 0 Å².